The van der Waals surface area contributed by atoms with Crippen LogP contribution in [0.1, 0.15) is 49.4 Å². The lowest BCUT2D eigenvalue weighted by atomic mass is 10.0. The number of carboxylic acids is 1. The van der Waals surface area contributed by atoms with Crippen LogP contribution in [0.3, 0.4) is 0 Å². The molecule has 0 saturated carbocycles. The Hall–Kier alpha value is -2.37. The minimum atomic E-state index is -0.930. The summed E-state index contributed by atoms with van der Waals surface area (Å²) in [6, 6.07) is 6.22. The number of amides is 1. The Morgan fingerprint density at radius 3 is 2.79 bits per heavy atom. The van der Waals surface area contributed by atoms with Crippen LogP contribution in [-0.4, -0.2) is 46.9 Å². The number of hydrogen-bond acceptors (Lipinski definition) is 4. The van der Waals surface area contributed by atoms with Gasteiger partial charge in [-0.1, -0.05) is 12.1 Å². The molecule has 0 bridgehead atoms. The molecule has 1 fully saturated rings. The van der Waals surface area contributed by atoms with E-state index < -0.39 is 12.0 Å². The smallest absolute Gasteiger partial charge is 0.326 e. The number of carbonyl (C=O) groups excluding carboxylic acids is 2. The highest BCUT2D eigenvalue weighted by molar-refractivity contribution is 5.94. The Balaban J connectivity index is 1.79. The van der Waals surface area contributed by atoms with Gasteiger partial charge in [0, 0.05) is 18.5 Å². The molecule has 24 heavy (non-hydrogen) atoms. The largest absolute Gasteiger partial charge is 0.494 e. The van der Waals surface area contributed by atoms with Crippen molar-refractivity contribution in [2.24, 2.45) is 0 Å². The molecule has 1 atom stereocenters. The fraction of sp³-hybridized carbons (Fsp3) is 0.500. The number of piperidine rings is 1. The van der Waals surface area contributed by atoms with Crippen LogP contribution in [-0.2, 0) is 9.59 Å². The fourth-order valence-electron chi connectivity index (χ4n) is 2.85. The Labute approximate surface area is 141 Å². The van der Waals surface area contributed by atoms with Crippen molar-refractivity contribution in [2.45, 2.75) is 45.1 Å². The van der Waals surface area contributed by atoms with Gasteiger partial charge in [0.05, 0.1) is 6.61 Å². The first-order valence-electron chi connectivity index (χ1n) is 8.25. The van der Waals surface area contributed by atoms with Gasteiger partial charge in [0.25, 0.3) is 0 Å². The Morgan fingerprint density at radius 1 is 1.29 bits per heavy atom. The second-order valence-corrected chi connectivity index (χ2v) is 5.97. The van der Waals surface area contributed by atoms with E-state index in [9.17, 15) is 19.5 Å². The second kappa shape index (κ2) is 8.47. The second-order valence-electron chi connectivity index (χ2n) is 5.97. The van der Waals surface area contributed by atoms with E-state index in [1.807, 2.05) is 0 Å². The monoisotopic (exact) mass is 333 g/mol. The van der Waals surface area contributed by atoms with E-state index in [0.717, 1.165) is 12.8 Å². The number of hydrogen-bond donors (Lipinski definition) is 1. The molecule has 2 rings (SSSR count). The number of carboxylic acid groups (broad SMARTS) is 1. The fourth-order valence-corrected chi connectivity index (χ4v) is 2.85. The van der Waals surface area contributed by atoms with Gasteiger partial charge >= 0.3 is 5.97 Å². The van der Waals surface area contributed by atoms with Gasteiger partial charge in [-0.15, -0.1) is 0 Å². The molecule has 1 aliphatic heterocycles. The van der Waals surface area contributed by atoms with Crippen molar-refractivity contribution in [3.63, 3.8) is 0 Å². The van der Waals surface area contributed by atoms with Crippen LogP contribution in [0.25, 0.3) is 0 Å². The molecule has 0 aromatic heterocycles. The molecule has 0 radical (unpaired) electrons. The lowest BCUT2D eigenvalue weighted by Crippen LogP contribution is -2.47. The lowest BCUT2D eigenvalue weighted by Gasteiger charge is -2.33. The van der Waals surface area contributed by atoms with Crippen LogP contribution in [0.2, 0.25) is 0 Å². The topological polar surface area (TPSA) is 83.9 Å². The van der Waals surface area contributed by atoms with Gasteiger partial charge in [-0.25, -0.2) is 4.79 Å². The molecule has 0 spiro atoms. The summed E-state index contributed by atoms with van der Waals surface area (Å²) in [7, 11) is 0. The van der Waals surface area contributed by atoms with E-state index in [2.05, 4.69) is 0 Å². The maximum atomic E-state index is 12.2. The lowest BCUT2D eigenvalue weighted by molar-refractivity contribution is -0.152. The van der Waals surface area contributed by atoms with E-state index in [-0.39, 0.29) is 18.1 Å². The van der Waals surface area contributed by atoms with Crippen molar-refractivity contribution in [1.29, 1.82) is 0 Å². The van der Waals surface area contributed by atoms with E-state index >= 15 is 0 Å². The molecular formula is C18H23NO5. The van der Waals surface area contributed by atoms with Crippen molar-refractivity contribution < 1.29 is 24.2 Å². The third-order valence-electron chi connectivity index (χ3n) is 4.15. The number of aliphatic carboxylic acids is 1. The van der Waals surface area contributed by atoms with Crippen LogP contribution >= 0.6 is 0 Å². The summed E-state index contributed by atoms with van der Waals surface area (Å²) in [5, 5.41) is 9.20. The summed E-state index contributed by atoms with van der Waals surface area (Å²) in [6.07, 6.45) is 2.98. The van der Waals surface area contributed by atoms with Gasteiger partial charge < -0.3 is 14.7 Å². The summed E-state index contributed by atoms with van der Waals surface area (Å²) in [5.41, 5.74) is 0.584. The zero-order valence-electron chi connectivity index (χ0n) is 13.9. The molecule has 0 unspecified atom stereocenters. The molecule has 1 saturated heterocycles. The predicted octanol–water partition coefficient (Wildman–Crippen LogP) is 2.51. The number of ether oxygens (including phenoxy) is 1. The number of rotatable bonds is 7. The molecule has 1 aliphatic rings. The molecule has 1 N–H and O–H groups in total. The highest BCUT2D eigenvalue weighted by Gasteiger charge is 2.31. The Kier molecular flexibility index (Phi) is 6.35. The molecule has 1 heterocycles. The standard InChI is InChI=1S/C18H23NO5/c1-13(20)14-6-4-7-15(12-14)24-11-5-9-17(21)19-10-3-2-8-16(19)18(22)23/h4,6-7,12,16H,2-3,5,8-11H2,1H3,(H,22,23)/t16-/m1/s1. The minimum Gasteiger partial charge on any atom is -0.494 e. The molecule has 1 aromatic rings. The van der Waals surface area contributed by atoms with Crippen molar-refractivity contribution in [3.05, 3.63) is 29.8 Å². The molecule has 130 valence electrons. The summed E-state index contributed by atoms with van der Waals surface area (Å²) < 4.78 is 5.57. The first-order valence-corrected chi connectivity index (χ1v) is 8.25. The summed E-state index contributed by atoms with van der Waals surface area (Å²) >= 11 is 0. The first-order chi connectivity index (χ1) is 11.5. The van der Waals surface area contributed by atoms with E-state index in [1.54, 1.807) is 24.3 Å². The van der Waals surface area contributed by atoms with Crippen molar-refractivity contribution >= 4 is 17.7 Å². The van der Waals surface area contributed by atoms with Crippen LogP contribution in [0, 0.1) is 0 Å². The molecular weight excluding hydrogens is 310 g/mol. The maximum absolute atomic E-state index is 12.2. The van der Waals surface area contributed by atoms with Gasteiger partial charge in [0.15, 0.2) is 5.78 Å². The van der Waals surface area contributed by atoms with Crippen LogP contribution in [0.5, 0.6) is 5.75 Å². The third kappa shape index (κ3) is 4.81. The maximum Gasteiger partial charge on any atom is 0.326 e. The zero-order valence-corrected chi connectivity index (χ0v) is 13.9. The Bertz CT molecular complexity index is 613. The van der Waals surface area contributed by atoms with Gasteiger partial charge in [0.1, 0.15) is 11.8 Å². The van der Waals surface area contributed by atoms with E-state index in [1.165, 1.54) is 11.8 Å². The SMILES string of the molecule is CC(=O)c1cccc(OCCCC(=O)N2CCCC[C@@H]2C(=O)O)c1. The molecule has 6 nitrogen and oxygen atoms in total. The number of nitrogens with zero attached hydrogens (tertiary/aromatic N) is 1. The summed E-state index contributed by atoms with van der Waals surface area (Å²) in [4.78, 5) is 36.3. The van der Waals surface area contributed by atoms with Crippen molar-refractivity contribution in [3.8, 4) is 5.75 Å². The van der Waals surface area contributed by atoms with Crippen LogP contribution in [0.15, 0.2) is 24.3 Å². The van der Waals surface area contributed by atoms with Gasteiger partial charge in [-0.3, -0.25) is 9.59 Å². The third-order valence-corrected chi connectivity index (χ3v) is 4.15. The summed E-state index contributed by atoms with van der Waals surface area (Å²) in [5.74, 6) is -0.500. The average Bonchev–Trinajstić information content (AvgIpc) is 2.58. The summed E-state index contributed by atoms with van der Waals surface area (Å²) in [6.45, 7) is 2.35. The van der Waals surface area contributed by atoms with Gasteiger partial charge in [-0.05, 0) is 44.7 Å². The Morgan fingerprint density at radius 2 is 2.08 bits per heavy atom. The zero-order chi connectivity index (χ0) is 17.5. The van der Waals surface area contributed by atoms with Crippen LogP contribution < -0.4 is 4.74 Å². The number of likely N-dealkylation sites (tertiary alicyclic amines) is 1. The number of Topliss-reactive ketones (excluding diaryl/α,β-unsaturated/α-hetero) is 1. The quantitative estimate of drug-likeness (QED) is 0.612. The predicted molar refractivity (Wildman–Crippen MR) is 88.2 cm³/mol. The first kappa shape index (κ1) is 18.0. The molecule has 6 heteroatoms. The van der Waals surface area contributed by atoms with E-state index in [0.29, 0.717) is 37.3 Å². The molecule has 1 amide bonds. The average molecular weight is 333 g/mol. The van der Waals surface area contributed by atoms with Crippen molar-refractivity contribution in [1.82, 2.24) is 4.90 Å². The normalized spacial score (nSPS) is 17.4. The molecule has 1 aromatic carbocycles. The minimum absolute atomic E-state index is 0.0274. The highest BCUT2D eigenvalue weighted by atomic mass is 16.5. The molecule has 0 aliphatic carbocycles. The van der Waals surface area contributed by atoms with Crippen LogP contribution in [0.4, 0.5) is 0 Å². The van der Waals surface area contributed by atoms with Gasteiger partial charge in [-0.2, -0.15) is 0 Å². The number of carbonyl (C=O) groups is 3. The van der Waals surface area contributed by atoms with Crippen molar-refractivity contribution in [2.75, 3.05) is 13.2 Å². The van der Waals surface area contributed by atoms with Gasteiger partial charge in [0.2, 0.25) is 5.91 Å². The van der Waals surface area contributed by atoms with E-state index in [4.69, 9.17) is 4.74 Å². The number of ketones is 1. The highest BCUT2D eigenvalue weighted by Crippen LogP contribution is 2.19. The number of benzene rings is 1.